The second kappa shape index (κ2) is 13.1. The van der Waals surface area contributed by atoms with Crippen LogP contribution >= 0.6 is 34.0 Å². The summed E-state index contributed by atoms with van der Waals surface area (Å²) < 4.78 is 52.9. The number of benzene rings is 2. The van der Waals surface area contributed by atoms with Gasteiger partial charge in [-0.15, -0.1) is 10.8 Å². The van der Waals surface area contributed by atoms with Crippen LogP contribution < -0.4 is 16.4 Å². The van der Waals surface area contributed by atoms with Crippen LogP contribution in [-0.4, -0.2) is 61.3 Å². The lowest BCUT2D eigenvalue weighted by atomic mass is 9.85. The van der Waals surface area contributed by atoms with Crippen molar-refractivity contribution in [1.82, 2.24) is 14.6 Å². The minimum absolute atomic E-state index is 0.0748. The van der Waals surface area contributed by atoms with Gasteiger partial charge in [-0.1, -0.05) is 35.3 Å². The molecular formula is C29H33Cl2F2N5O3S. The molecular weight excluding hydrogens is 607 g/mol. The molecule has 226 valence electrons. The topological polar surface area (TPSA) is 124 Å². The van der Waals surface area contributed by atoms with E-state index in [2.05, 4.69) is 15.6 Å². The van der Waals surface area contributed by atoms with Crippen LogP contribution in [0.5, 0.6) is 0 Å². The number of hydrogen-bond donors (Lipinski definition) is 5. The Morgan fingerprint density at radius 3 is 2.74 bits per heavy atom. The number of carbonyl (C=O) groups excluding carboxylic acids is 1. The van der Waals surface area contributed by atoms with Gasteiger partial charge in [0.05, 0.1) is 21.8 Å². The van der Waals surface area contributed by atoms with Crippen LogP contribution in [0.3, 0.4) is 0 Å². The highest BCUT2D eigenvalue weighted by Gasteiger charge is 2.38. The Morgan fingerprint density at radius 2 is 1.98 bits per heavy atom. The lowest BCUT2D eigenvalue weighted by molar-refractivity contribution is -0.117. The molecule has 1 amide bonds. The van der Waals surface area contributed by atoms with Crippen LogP contribution in [0.15, 0.2) is 54.9 Å². The van der Waals surface area contributed by atoms with Crippen molar-refractivity contribution in [2.75, 3.05) is 24.2 Å². The first kappa shape index (κ1) is 31.1. The SMILES string of the molecule is N[C@H](C(=O)Nc1cccc(F)c1CCC1CNC2CCCS(O)(O)N1C2)[C@H](c1cncc(Cl)c1)c1ccc(Cl)c(F)c1. The van der Waals surface area contributed by atoms with Crippen LogP contribution in [0.1, 0.15) is 41.9 Å². The van der Waals surface area contributed by atoms with Crippen LogP contribution in [0.25, 0.3) is 0 Å². The van der Waals surface area contributed by atoms with Gasteiger partial charge in [-0.3, -0.25) is 18.9 Å². The van der Waals surface area contributed by atoms with E-state index in [1.54, 1.807) is 22.5 Å². The number of hydrogen-bond acceptors (Lipinski definition) is 7. The van der Waals surface area contributed by atoms with Crippen molar-refractivity contribution in [2.45, 2.75) is 49.7 Å². The average molecular weight is 641 g/mol. The van der Waals surface area contributed by atoms with Gasteiger partial charge in [0.25, 0.3) is 0 Å². The third-order valence-corrected chi connectivity index (χ3v) is 10.5. The maximum Gasteiger partial charge on any atom is 0.242 e. The van der Waals surface area contributed by atoms with Crippen LogP contribution in [-0.2, 0) is 11.2 Å². The number of nitrogens with two attached hydrogens (primary N) is 1. The van der Waals surface area contributed by atoms with E-state index in [1.165, 1.54) is 36.7 Å². The summed E-state index contributed by atoms with van der Waals surface area (Å²) in [5.74, 6) is -2.30. The molecule has 2 aliphatic rings. The molecule has 0 saturated carbocycles. The van der Waals surface area contributed by atoms with E-state index in [1.807, 2.05) is 0 Å². The minimum atomic E-state index is -2.90. The molecule has 2 aromatic carbocycles. The van der Waals surface area contributed by atoms with E-state index in [9.17, 15) is 18.3 Å². The molecule has 2 saturated heterocycles. The van der Waals surface area contributed by atoms with Gasteiger partial charge in [0, 0.05) is 54.7 Å². The number of anilines is 1. The number of nitrogens with one attached hydrogen (secondary N) is 2. The van der Waals surface area contributed by atoms with Gasteiger partial charge in [-0.05, 0) is 67.1 Å². The summed E-state index contributed by atoms with van der Waals surface area (Å²) >= 11 is 12.1. The predicted molar refractivity (Wildman–Crippen MR) is 163 cm³/mol. The molecule has 42 heavy (non-hydrogen) atoms. The highest BCUT2D eigenvalue weighted by atomic mass is 35.5. The van der Waals surface area contributed by atoms with Crippen molar-refractivity contribution in [1.29, 1.82) is 0 Å². The molecule has 3 aromatic rings. The monoisotopic (exact) mass is 639 g/mol. The number of nitrogens with zero attached hydrogens (tertiary/aromatic N) is 2. The van der Waals surface area contributed by atoms with Crippen LogP contribution in [0.4, 0.5) is 14.5 Å². The fourth-order valence-corrected chi connectivity index (χ4v) is 7.96. The lowest BCUT2D eigenvalue weighted by Gasteiger charge is -2.49. The summed E-state index contributed by atoms with van der Waals surface area (Å²) in [6.07, 6.45) is 5.21. The van der Waals surface area contributed by atoms with Crippen molar-refractivity contribution in [3.05, 3.63) is 93.2 Å². The molecule has 0 spiro atoms. The minimum Gasteiger partial charge on any atom is -0.324 e. The van der Waals surface area contributed by atoms with Crippen LogP contribution in [0.2, 0.25) is 10.0 Å². The summed E-state index contributed by atoms with van der Waals surface area (Å²) in [5, 5.41) is 6.48. The maximum atomic E-state index is 15.2. The molecule has 6 N–H and O–H groups in total. The first-order valence-electron chi connectivity index (χ1n) is 13.7. The number of fused-ring (bicyclic) bond motifs is 2. The Hall–Kier alpha value is -2.35. The van der Waals surface area contributed by atoms with E-state index in [0.29, 0.717) is 41.4 Å². The molecule has 1 aromatic heterocycles. The van der Waals surface area contributed by atoms with Gasteiger partial charge >= 0.3 is 0 Å². The Balaban J connectivity index is 1.37. The molecule has 3 heterocycles. The molecule has 2 aliphatic heterocycles. The number of aromatic nitrogens is 1. The van der Waals surface area contributed by atoms with Crippen molar-refractivity contribution in [3.63, 3.8) is 0 Å². The van der Waals surface area contributed by atoms with E-state index >= 15 is 4.39 Å². The zero-order chi connectivity index (χ0) is 30.0. The molecule has 3 unspecified atom stereocenters. The number of carbonyl (C=O) groups is 1. The smallest absolute Gasteiger partial charge is 0.242 e. The Labute approximate surface area is 255 Å². The number of piperazine rings is 1. The first-order chi connectivity index (χ1) is 20.0. The summed E-state index contributed by atoms with van der Waals surface area (Å²) in [5.41, 5.74) is 7.91. The van der Waals surface area contributed by atoms with E-state index in [4.69, 9.17) is 28.9 Å². The summed E-state index contributed by atoms with van der Waals surface area (Å²) in [4.78, 5) is 17.7. The predicted octanol–water partition coefficient (Wildman–Crippen LogP) is 5.80. The van der Waals surface area contributed by atoms with Crippen molar-refractivity contribution >= 4 is 45.6 Å². The molecule has 5 atom stereocenters. The molecule has 0 radical (unpaired) electrons. The van der Waals surface area contributed by atoms with Gasteiger partial charge in [0.1, 0.15) is 11.6 Å². The Bertz CT molecular complexity index is 1450. The summed E-state index contributed by atoms with van der Waals surface area (Å²) in [7, 11) is -2.90. The second-order valence-electron chi connectivity index (χ2n) is 10.7. The Morgan fingerprint density at radius 1 is 1.17 bits per heavy atom. The average Bonchev–Trinajstić information content (AvgIpc) is 3.06. The number of rotatable bonds is 8. The zero-order valence-electron chi connectivity index (χ0n) is 22.6. The van der Waals surface area contributed by atoms with E-state index in [0.717, 1.165) is 12.8 Å². The molecule has 8 nitrogen and oxygen atoms in total. The van der Waals surface area contributed by atoms with E-state index in [-0.39, 0.29) is 34.8 Å². The third-order valence-electron chi connectivity index (χ3n) is 7.95. The quantitative estimate of drug-likeness (QED) is 0.211. The van der Waals surface area contributed by atoms with Crippen molar-refractivity contribution in [3.8, 4) is 0 Å². The van der Waals surface area contributed by atoms with Crippen molar-refractivity contribution < 1.29 is 22.7 Å². The van der Waals surface area contributed by atoms with Crippen LogP contribution in [0, 0.1) is 11.6 Å². The van der Waals surface area contributed by atoms with Gasteiger partial charge in [-0.25, -0.2) is 13.1 Å². The standard InChI is InChI=1S/C29H33Cl2F2N5O3S/c30-19-11-18(13-35-14-19)27(17-6-9-23(31)25(33)12-17)28(34)29(39)37-26-5-1-4-24(32)22(26)8-7-21-15-36-20-3-2-10-42(40,41)38(21)16-20/h1,4-6,9,11-14,20-21,27-28,36,40-41H,2-3,7-8,10,15-16,34H2,(H,37,39)/t20?,21?,27-,28-/m0/s1. The maximum absolute atomic E-state index is 15.2. The summed E-state index contributed by atoms with van der Waals surface area (Å²) in [6.45, 7) is 1.07. The third kappa shape index (κ3) is 6.89. The second-order valence-corrected chi connectivity index (χ2v) is 13.7. The number of amides is 1. The molecule has 2 bridgehead atoms. The van der Waals surface area contributed by atoms with E-state index < -0.39 is 40.3 Å². The van der Waals surface area contributed by atoms with Gasteiger partial charge < -0.3 is 16.4 Å². The fourth-order valence-electron chi connectivity index (χ4n) is 5.79. The van der Waals surface area contributed by atoms with Crippen molar-refractivity contribution in [2.24, 2.45) is 5.73 Å². The normalized spacial score (nSPS) is 23.8. The Kier molecular flexibility index (Phi) is 9.70. The highest BCUT2D eigenvalue weighted by molar-refractivity contribution is 8.22. The number of halogens is 4. The lowest BCUT2D eigenvalue weighted by Crippen LogP contribution is -2.55. The summed E-state index contributed by atoms with van der Waals surface area (Å²) in [6, 6.07) is 8.92. The zero-order valence-corrected chi connectivity index (χ0v) is 25.0. The molecule has 0 aliphatic carbocycles. The van der Waals surface area contributed by atoms with Gasteiger partial charge in [0.2, 0.25) is 5.91 Å². The molecule has 13 heteroatoms. The van der Waals surface area contributed by atoms with Gasteiger partial charge in [0.15, 0.2) is 0 Å². The van der Waals surface area contributed by atoms with Gasteiger partial charge in [-0.2, -0.15) is 0 Å². The fraction of sp³-hybridized carbons (Fsp3) is 0.379. The first-order valence-corrected chi connectivity index (χ1v) is 16.1. The highest BCUT2D eigenvalue weighted by Crippen LogP contribution is 2.49. The molecule has 5 rings (SSSR count). The number of pyridine rings is 1. The largest absolute Gasteiger partial charge is 0.324 e. The molecule has 2 fully saturated rings.